The van der Waals surface area contributed by atoms with E-state index in [2.05, 4.69) is 98.5 Å². The third kappa shape index (κ3) is 4.78. The maximum Gasteiger partial charge on any atom is 0.188 e. The first-order valence-electron chi connectivity index (χ1n) is 12.7. The zero-order valence-corrected chi connectivity index (χ0v) is 22.6. The van der Waals surface area contributed by atoms with Gasteiger partial charge in [-0.1, -0.05) is 78.4 Å². The molecule has 38 heavy (non-hydrogen) atoms. The second-order valence-electron chi connectivity index (χ2n) is 9.45. The SMILES string of the molecule is COCOc1ccc2ccccc2c1N(c1c(C)cc(C)cc1C)c1c(OCOC)ccc2ccccc12. The second kappa shape index (κ2) is 11.1. The van der Waals surface area contributed by atoms with Crippen LogP contribution in [0.25, 0.3) is 21.5 Å². The summed E-state index contributed by atoms with van der Waals surface area (Å²) in [4.78, 5) is 2.30. The van der Waals surface area contributed by atoms with E-state index < -0.39 is 0 Å². The van der Waals surface area contributed by atoms with Gasteiger partial charge in [0.25, 0.3) is 0 Å². The number of aryl methyl sites for hydroxylation is 3. The minimum atomic E-state index is 0.133. The minimum Gasteiger partial charge on any atom is -0.465 e. The first kappa shape index (κ1) is 25.6. The molecule has 0 bridgehead atoms. The molecule has 0 saturated heterocycles. The monoisotopic (exact) mass is 507 g/mol. The number of rotatable bonds is 9. The van der Waals surface area contributed by atoms with E-state index in [1.807, 2.05) is 12.1 Å². The molecular formula is C33H33NO4. The average Bonchev–Trinajstić information content (AvgIpc) is 2.92. The summed E-state index contributed by atoms with van der Waals surface area (Å²) in [7, 11) is 3.27. The zero-order valence-electron chi connectivity index (χ0n) is 22.6. The van der Waals surface area contributed by atoms with E-state index in [9.17, 15) is 0 Å². The summed E-state index contributed by atoms with van der Waals surface area (Å²) in [6.45, 7) is 6.71. The van der Waals surface area contributed by atoms with Crippen LogP contribution in [0.1, 0.15) is 16.7 Å². The van der Waals surface area contributed by atoms with Crippen LogP contribution >= 0.6 is 0 Å². The van der Waals surface area contributed by atoms with Crippen LogP contribution in [0, 0.1) is 20.8 Å². The highest BCUT2D eigenvalue weighted by Gasteiger charge is 2.27. The van der Waals surface area contributed by atoms with Gasteiger partial charge in [-0.15, -0.1) is 0 Å². The predicted octanol–water partition coefficient (Wildman–Crippen LogP) is 8.35. The summed E-state index contributed by atoms with van der Waals surface area (Å²) in [6.07, 6.45) is 0. The normalized spacial score (nSPS) is 11.2. The fraction of sp³-hybridized carbons (Fsp3) is 0.212. The number of hydrogen-bond acceptors (Lipinski definition) is 5. The lowest BCUT2D eigenvalue weighted by atomic mass is 9.98. The topological polar surface area (TPSA) is 40.2 Å². The Hall–Kier alpha value is -4.06. The molecule has 0 N–H and O–H groups in total. The van der Waals surface area contributed by atoms with Crippen molar-refractivity contribution in [3.8, 4) is 11.5 Å². The highest BCUT2D eigenvalue weighted by Crippen LogP contribution is 2.51. The van der Waals surface area contributed by atoms with Crippen molar-refractivity contribution >= 4 is 38.6 Å². The molecule has 5 aromatic rings. The molecule has 194 valence electrons. The second-order valence-corrected chi connectivity index (χ2v) is 9.45. The van der Waals surface area contributed by atoms with Crippen molar-refractivity contribution in [2.24, 2.45) is 0 Å². The van der Waals surface area contributed by atoms with Crippen LogP contribution in [0.15, 0.2) is 84.9 Å². The fourth-order valence-electron chi connectivity index (χ4n) is 5.27. The van der Waals surface area contributed by atoms with Crippen LogP contribution in [-0.4, -0.2) is 27.8 Å². The van der Waals surface area contributed by atoms with Gasteiger partial charge in [-0.05, 0) is 54.8 Å². The van der Waals surface area contributed by atoms with Gasteiger partial charge >= 0.3 is 0 Å². The summed E-state index contributed by atoms with van der Waals surface area (Å²) in [5, 5.41) is 4.34. The molecule has 0 aliphatic rings. The van der Waals surface area contributed by atoms with Crippen molar-refractivity contribution in [2.45, 2.75) is 20.8 Å². The third-order valence-corrected chi connectivity index (χ3v) is 6.70. The van der Waals surface area contributed by atoms with Crippen molar-refractivity contribution in [3.63, 3.8) is 0 Å². The Balaban J connectivity index is 1.95. The van der Waals surface area contributed by atoms with E-state index >= 15 is 0 Å². The number of anilines is 3. The van der Waals surface area contributed by atoms with Crippen molar-refractivity contribution in [3.05, 3.63) is 102 Å². The standard InChI is InChI=1S/C33H33NO4/c1-22-18-23(2)31(24(3)19-22)34(32-27-12-8-6-10-25(27)14-16-29(32)37-20-35-4)33-28-13-9-7-11-26(28)15-17-30(33)38-21-36-5/h6-19H,20-21H2,1-5H3. The van der Waals surface area contributed by atoms with Crippen molar-refractivity contribution < 1.29 is 18.9 Å². The van der Waals surface area contributed by atoms with Gasteiger partial charge in [0.1, 0.15) is 11.5 Å². The van der Waals surface area contributed by atoms with E-state index in [1.54, 1.807) is 14.2 Å². The van der Waals surface area contributed by atoms with Crippen molar-refractivity contribution in [1.29, 1.82) is 0 Å². The Bertz CT molecular complexity index is 1480. The third-order valence-electron chi connectivity index (χ3n) is 6.70. The molecule has 0 aromatic heterocycles. The number of ether oxygens (including phenoxy) is 4. The predicted molar refractivity (Wildman–Crippen MR) is 155 cm³/mol. The first-order chi connectivity index (χ1) is 18.5. The summed E-state index contributed by atoms with van der Waals surface area (Å²) in [5.74, 6) is 1.44. The van der Waals surface area contributed by atoms with Crippen LogP contribution in [0.3, 0.4) is 0 Å². The Kier molecular flexibility index (Phi) is 7.50. The Morgan fingerprint density at radius 2 is 1.00 bits per heavy atom. The van der Waals surface area contributed by atoms with E-state index in [0.717, 1.165) is 61.2 Å². The van der Waals surface area contributed by atoms with E-state index in [4.69, 9.17) is 18.9 Å². The molecule has 5 nitrogen and oxygen atoms in total. The largest absolute Gasteiger partial charge is 0.465 e. The van der Waals surface area contributed by atoms with Gasteiger partial charge in [-0.3, -0.25) is 0 Å². The lowest BCUT2D eigenvalue weighted by Crippen LogP contribution is -2.17. The molecule has 0 radical (unpaired) electrons. The van der Waals surface area contributed by atoms with Gasteiger partial charge in [0, 0.05) is 25.0 Å². The summed E-state index contributed by atoms with van der Waals surface area (Å²) < 4.78 is 23.1. The quantitative estimate of drug-likeness (QED) is 0.188. The zero-order chi connectivity index (χ0) is 26.6. The minimum absolute atomic E-state index is 0.133. The molecule has 0 aliphatic heterocycles. The summed E-state index contributed by atoms with van der Waals surface area (Å²) >= 11 is 0. The molecule has 0 spiro atoms. The lowest BCUT2D eigenvalue weighted by molar-refractivity contribution is 0.0512. The molecule has 5 rings (SSSR count). The molecule has 5 heteroatoms. The van der Waals surface area contributed by atoms with Crippen molar-refractivity contribution in [1.82, 2.24) is 0 Å². The average molecular weight is 508 g/mol. The van der Waals surface area contributed by atoms with Gasteiger partial charge in [-0.2, -0.15) is 0 Å². The van der Waals surface area contributed by atoms with Gasteiger partial charge in [-0.25, -0.2) is 0 Å². The Labute approximate surface area is 224 Å². The smallest absolute Gasteiger partial charge is 0.188 e. The van der Waals surface area contributed by atoms with E-state index in [1.165, 1.54) is 5.56 Å². The summed E-state index contributed by atoms with van der Waals surface area (Å²) in [5.41, 5.74) is 6.44. The highest BCUT2D eigenvalue weighted by molar-refractivity contribution is 6.09. The number of hydrogen-bond donors (Lipinski definition) is 0. The Morgan fingerprint density at radius 1 is 0.553 bits per heavy atom. The lowest BCUT2D eigenvalue weighted by Gasteiger charge is -2.33. The van der Waals surface area contributed by atoms with Gasteiger partial charge in [0.05, 0.1) is 17.1 Å². The molecule has 5 aromatic carbocycles. The number of benzene rings is 5. The van der Waals surface area contributed by atoms with Gasteiger partial charge in [0.2, 0.25) is 0 Å². The van der Waals surface area contributed by atoms with Crippen LogP contribution in [0.5, 0.6) is 11.5 Å². The molecule has 0 heterocycles. The molecule has 0 atom stereocenters. The molecule has 0 amide bonds. The first-order valence-corrected chi connectivity index (χ1v) is 12.7. The van der Waals surface area contributed by atoms with Crippen LogP contribution in [0.2, 0.25) is 0 Å². The van der Waals surface area contributed by atoms with Gasteiger partial charge in [0.15, 0.2) is 13.6 Å². The van der Waals surface area contributed by atoms with Crippen LogP contribution in [0.4, 0.5) is 17.1 Å². The molecule has 0 saturated carbocycles. The highest BCUT2D eigenvalue weighted by atomic mass is 16.7. The summed E-state index contributed by atoms with van der Waals surface area (Å²) in [6, 6.07) is 29.4. The van der Waals surface area contributed by atoms with Gasteiger partial charge < -0.3 is 23.8 Å². The molecular weight excluding hydrogens is 474 g/mol. The number of methoxy groups -OCH3 is 2. The van der Waals surface area contributed by atoms with E-state index in [-0.39, 0.29) is 13.6 Å². The molecule has 0 unspecified atom stereocenters. The Morgan fingerprint density at radius 3 is 1.45 bits per heavy atom. The number of fused-ring (bicyclic) bond motifs is 2. The maximum atomic E-state index is 6.23. The van der Waals surface area contributed by atoms with Crippen LogP contribution < -0.4 is 14.4 Å². The van der Waals surface area contributed by atoms with E-state index in [0.29, 0.717) is 0 Å². The number of nitrogens with zero attached hydrogens (tertiary/aromatic N) is 1. The van der Waals surface area contributed by atoms with Crippen molar-refractivity contribution in [2.75, 3.05) is 32.7 Å². The maximum absolute atomic E-state index is 6.23. The van der Waals surface area contributed by atoms with Crippen LogP contribution in [-0.2, 0) is 9.47 Å². The fourth-order valence-corrected chi connectivity index (χ4v) is 5.27. The molecule has 0 aliphatic carbocycles. The molecule has 0 fully saturated rings.